The lowest BCUT2D eigenvalue weighted by atomic mass is 10.0. The van der Waals surface area contributed by atoms with Gasteiger partial charge < -0.3 is 5.73 Å². The Labute approximate surface area is 87.7 Å². The molecule has 4 nitrogen and oxygen atoms in total. The quantitative estimate of drug-likeness (QED) is 0.771. The van der Waals surface area contributed by atoms with Crippen LogP contribution in [0.15, 0.2) is 24.5 Å². The summed E-state index contributed by atoms with van der Waals surface area (Å²) in [6, 6.07) is 3.32. The van der Waals surface area contributed by atoms with E-state index in [-0.39, 0.29) is 0 Å². The molecular formula is C11H13N3O. The van der Waals surface area contributed by atoms with Crippen LogP contribution in [0.25, 0.3) is 11.0 Å². The Morgan fingerprint density at radius 2 is 2.27 bits per heavy atom. The van der Waals surface area contributed by atoms with Crippen molar-refractivity contribution in [2.75, 3.05) is 0 Å². The summed E-state index contributed by atoms with van der Waals surface area (Å²) in [5, 5.41) is 0.992. The Balaban J connectivity index is 2.79. The third-order valence-electron chi connectivity index (χ3n) is 2.45. The zero-order valence-corrected chi connectivity index (χ0v) is 8.77. The first-order chi connectivity index (χ1) is 7.11. The van der Waals surface area contributed by atoms with E-state index in [4.69, 9.17) is 5.73 Å². The van der Waals surface area contributed by atoms with Gasteiger partial charge in [0.25, 0.3) is 0 Å². The Kier molecular flexibility index (Phi) is 2.19. The average molecular weight is 203 g/mol. The molecule has 0 atom stereocenters. The van der Waals surface area contributed by atoms with Gasteiger partial charge in [-0.05, 0) is 23.6 Å². The van der Waals surface area contributed by atoms with Crippen molar-refractivity contribution >= 4 is 17.1 Å². The number of fused-ring (bicyclic) bond motifs is 1. The van der Waals surface area contributed by atoms with Crippen LogP contribution in [-0.4, -0.2) is 15.6 Å². The summed E-state index contributed by atoms with van der Waals surface area (Å²) in [7, 11) is 0. The fourth-order valence-electron chi connectivity index (χ4n) is 1.71. The minimum Gasteiger partial charge on any atom is -0.351 e. The van der Waals surface area contributed by atoms with Crippen molar-refractivity contribution in [2.45, 2.75) is 19.8 Å². The van der Waals surface area contributed by atoms with E-state index in [0.29, 0.717) is 11.6 Å². The molecule has 2 rings (SSSR count). The Morgan fingerprint density at radius 3 is 2.87 bits per heavy atom. The molecule has 2 aromatic rings. The van der Waals surface area contributed by atoms with E-state index in [1.54, 1.807) is 12.4 Å². The van der Waals surface area contributed by atoms with Crippen molar-refractivity contribution < 1.29 is 4.79 Å². The number of aromatic nitrogens is 2. The van der Waals surface area contributed by atoms with Crippen LogP contribution in [0.3, 0.4) is 0 Å². The maximum Gasteiger partial charge on any atom is 0.324 e. The van der Waals surface area contributed by atoms with E-state index in [9.17, 15) is 4.79 Å². The number of hydrogen-bond acceptors (Lipinski definition) is 2. The lowest BCUT2D eigenvalue weighted by molar-refractivity contribution is 0.251. The normalized spacial score (nSPS) is 11.1. The minimum absolute atomic E-state index is 0.345. The SMILES string of the molecule is CC(C)c1cn(C(N)=O)c2ncccc12. The number of rotatable bonds is 1. The van der Waals surface area contributed by atoms with Crippen LogP contribution < -0.4 is 5.73 Å². The standard InChI is InChI=1S/C11H13N3O/c1-7(2)9-6-14(11(12)15)10-8(9)4-3-5-13-10/h3-7H,1-2H3,(H2,12,15). The number of carbonyl (C=O) groups excluding carboxylic acids is 1. The highest BCUT2D eigenvalue weighted by Crippen LogP contribution is 2.25. The highest BCUT2D eigenvalue weighted by molar-refractivity contribution is 5.91. The zero-order valence-electron chi connectivity index (χ0n) is 8.77. The Hall–Kier alpha value is -1.84. The van der Waals surface area contributed by atoms with Crippen LogP contribution in [0.4, 0.5) is 4.79 Å². The molecule has 2 aromatic heterocycles. The molecule has 0 bridgehead atoms. The van der Waals surface area contributed by atoms with E-state index < -0.39 is 6.03 Å². The van der Waals surface area contributed by atoms with Crippen molar-refractivity contribution in [1.82, 2.24) is 9.55 Å². The highest BCUT2D eigenvalue weighted by Gasteiger charge is 2.13. The molecule has 0 aromatic carbocycles. The second-order valence-corrected chi connectivity index (χ2v) is 3.82. The van der Waals surface area contributed by atoms with Gasteiger partial charge in [0.2, 0.25) is 0 Å². The minimum atomic E-state index is -0.495. The Bertz CT molecular complexity index is 514. The second-order valence-electron chi connectivity index (χ2n) is 3.82. The number of nitrogens with zero attached hydrogens (tertiary/aromatic N) is 2. The van der Waals surface area contributed by atoms with Crippen LogP contribution >= 0.6 is 0 Å². The van der Waals surface area contributed by atoms with Crippen molar-refractivity contribution in [1.29, 1.82) is 0 Å². The molecule has 2 N–H and O–H groups in total. The Morgan fingerprint density at radius 1 is 1.53 bits per heavy atom. The van der Waals surface area contributed by atoms with E-state index in [1.807, 2.05) is 12.1 Å². The van der Waals surface area contributed by atoms with Crippen molar-refractivity contribution in [3.63, 3.8) is 0 Å². The van der Waals surface area contributed by atoms with Crippen molar-refractivity contribution in [3.05, 3.63) is 30.1 Å². The third kappa shape index (κ3) is 1.48. The molecule has 0 fully saturated rings. The van der Waals surface area contributed by atoms with Gasteiger partial charge in [0, 0.05) is 17.8 Å². The number of carbonyl (C=O) groups is 1. The first-order valence-corrected chi connectivity index (χ1v) is 4.87. The van der Waals surface area contributed by atoms with Gasteiger partial charge in [0.15, 0.2) is 0 Å². The van der Waals surface area contributed by atoms with Crippen LogP contribution in [-0.2, 0) is 0 Å². The van der Waals surface area contributed by atoms with Crippen molar-refractivity contribution in [2.24, 2.45) is 5.73 Å². The monoisotopic (exact) mass is 203 g/mol. The highest BCUT2D eigenvalue weighted by atomic mass is 16.2. The van der Waals surface area contributed by atoms with Gasteiger partial charge in [0.05, 0.1) is 0 Å². The lowest BCUT2D eigenvalue weighted by Crippen LogP contribution is -2.18. The van der Waals surface area contributed by atoms with Crippen LogP contribution in [0.2, 0.25) is 0 Å². The van der Waals surface area contributed by atoms with Crippen LogP contribution in [0.5, 0.6) is 0 Å². The van der Waals surface area contributed by atoms with E-state index in [2.05, 4.69) is 18.8 Å². The van der Waals surface area contributed by atoms with E-state index in [0.717, 1.165) is 10.9 Å². The molecule has 0 spiro atoms. The predicted molar refractivity (Wildman–Crippen MR) is 58.8 cm³/mol. The molecule has 0 aliphatic heterocycles. The molecule has 0 saturated carbocycles. The molecule has 78 valence electrons. The molecule has 2 heterocycles. The van der Waals surface area contributed by atoms with Gasteiger partial charge in [-0.2, -0.15) is 0 Å². The summed E-state index contributed by atoms with van der Waals surface area (Å²) in [5.74, 6) is 0.345. The first kappa shape index (κ1) is 9.71. The van der Waals surface area contributed by atoms with Crippen molar-refractivity contribution in [3.8, 4) is 0 Å². The second kappa shape index (κ2) is 3.38. The number of amides is 1. The summed E-state index contributed by atoms with van der Waals surface area (Å²) < 4.78 is 1.39. The summed E-state index contributed by atoms with van der Waals surface area (Å²) in [6.07, 6.45) is 3.43. The van der Waals surface area contributed by atoms with Gasteiger partial charge >= 0.3 is 6.03 Å². The number of primary amides is 1. The molecule has 0 saturated heterocycles. The molecular weight excluding hydrogens is 190 g/mol. The predicted octanol–water partition coefficient (Wildman–Crippen LogP) is 2.09. The van der Waals surface area contributed by atoms with Gasteiger partial charge in [-0.1, -0.05) is 13.8 Å². The fourth-order valence-corrected chi connectivity index (χ4v) is 1.71. The summed E-state index contributed by atoms with van der Waals surface area (Å²) in [5.41, 5.74) is 7.00. The van der Waals surface area contributed by atoms with Crippen LogP contribution in [0, 0.1) is 0 Å². The lowest BCUT2D eigenvalue weighted by Gasteiger charge is -2.00. The van der Waals surface area contributed by atoms with Gasteiger partial charge in [-0.3, -0.25) is 4.57 Å². The fraction of sp³-hybridized carbons (Fsp3) is 0.273. The zero-order chi connectivity index (χ0) is 11.0. The smallest absolute Gasteiger partial charge is 0.324 e. The molecule has 4 heteroatoms. The first-order valence-electron chi connectivity index (χ1n) is 4.87. The van der Waals surface area contributed by atoms with Gasteiger partial charge in [-0.15, -0.1) is 0 Å². The number of pyridine rings is 1. The molecule has 15 heavy (non-hydrogen) atoms. The molecule has 0 unspecified atom stereocenters. The number of nitrogens with two attached hydrogens (primary N) is 1. The van der Waals surface area contributed by atoms with E-state index >= 15 is 0 Å². The molecule has 0 aliphatic rings. The number of hydrogen-bond donors (Lipinski definition) is 1. The molecule has 1 amide bonds. The van der Waals surface area contributed by atoms with Gasteiger partial charge in [0.1, 0.15) is 5.65 Å². The topological polar surface area (TPSA) is 60.9 Å². The molecule has 0 radical (unpaired) electrons. The maximum absolute atomic E-state index is 11.2. The van der Waals surface area contributed by atoms with Crippen LogP contribution in [0.1, 0.15) is 25.3 Å². The maximum atomic E-state index is 11.2. The summed E-state index contributed by atoms with van der Waals surface area (Å²) in [6.45, 7) is 4.15. The van der Waals surface area contributed by atoms with E-state index in [1.165, 1.54) is 4.57 Å². The largest absolute Gasteiger partial charge is 0.351 e. The van der Waals surface area contributed by atoms with Gasteiger partial charge in [-0.25, -0.2) is 9.78 Å². The summed E-state index contributed by atoms with van der Waals surface area (Å²) in [4.78, 5) is 15.4. The summed E-state index contributed by atoms with van der Waals surface area (Å²) >= 11 is 0. The third-order valence-corrected chi connectivity index (χ3v) is 2.45. The average Bonchev–Trinajstić information content (AvgIpc) is 2.56. The molecule has 0 aliphatic carbocycles.